The Hall–Kier alpha value is -0.0400. The lowest BCUT2D eigenvalue weighted by Crippen LogP contribution is -2.30. The zero-order valence-corrected chi connectivity index (χ0v) is 16.2. The molecular formula is C23H42O. The molecule has 0 unspecified atom stereocenters. The Kier molecular flexibility index (Phi) is 7.50. The monoisotopic (exact) mass is 334 g/mol. The smallest absolute Gasteiger partial charge is 0.0540 e. The minimum Gasteiger partial charge on any atom is -0.393 e. The van der Waals surface area contributed by atoms with E-state index >= 15 is 0 Å². The fourth-order valence-electron chi connectivity index (χ4n) is 6.29. The van der Waals surface area contributed by atoms with Gasteiger partial charge in [-0.3, -0.25) is 0 Å². The van der Waals surface area contributed by atoms with Gasteiger partial charge in [-0.2, -0.15) is 0 Å². The summed E-state index contributed by atoms with van der Waals surface area (Å²) >= 11 is 0. The van der Waals surface area contributed by atoms with E-state index in [1.807, 2.05) is 0 Å². The Morgan fingerprint density at radius 2 is 1.00 bits per heavy atom. The molecule has 3 aliphatic rings. The van der Waals surface area contributed by atoms with Gasteiger partial charge in [0.25, 0.3) is 0 Å². The van der Waals surface area contributed by atoms with Crippen LogP contribution >= 0.6 is 0 Å². The van der Waals surface area contributed by atoms with E-state index in [0.29, 0.717) is 0 Å². The van der Waals surface area contributed by atoms with E-state index < -0.39 is 0 Å². The molecule has 1 nitrogen and oxygen atoms in total. The molecule has 1 N–H and O–H groups in total. The predicted molar refractivity (Wildman–Crippen MR) is 103 cm³/mol. The first-order chi connectivity index (χ1) is 11.8. The van der Waals surface area contributed by atoms with Gasteiger partial charge in [-0.1, -0.05) is 45.4 Å². The van der Waals surface area contributed by atoms with Crippen LogP contribution < -0.4 is 0 Å². The highest BCUT2D eigenvalue weighted by atomic mass is 16.3. The molecule has 140 valence electrons. The Bertz CT molecular complexity index is 328. The van der Waals surface area contributed by atoms with Gasteiger partial charge in [0.05, 0.1) is 6.10 Å². The van der Waals surface area contributed by atoms with Crippen molar-refractivity contribution < 1.29 is 5.11 Å². The van der Waals surface area contributed by atoms with Gasteiger partial charge in [-0.25, -0.2) is 0 Å². The highest BCUT2D eigenvalue weighted by Gasteiger charge is 2.34. The molecule has 0 atom stereocenters. The third-order valence-electron chi connectivity index (χ3n) is 8.00. The molecule has 0 amide bonds. The van der Waals surface area contributed by atoms with Crippen LogP contribution in [0.4, 0.5) is 0 Å². The quantitative estimate of drug-likeness (QED) is 0.534. The maximum absolute atomic E-state index is 9.73. The summed E-state index contributed by atoms with van der Waals surface area (Å²) in [6, 6.07) is 0. The van der Waals surface area contributed by atoms with Crippen molar-refractivity contribution in [3.8, 4) is 0 Å². The summed E-state index contributed by atoms with van der Waals surface area (Å²) in [5, 5.41) is 9.73. The van der Waals surface area contributed by atoms with Gasteiger partial charge in [-0.15, -0.1) is 0 Å². The van der Waals surface area contributed by atoms with Gasteiger partial charge >= 0.3 is 0 Å². The molecule has 3 aliphatic carbocycles. The standard InChI is InChI=1S/C23H42O/c1-2-3-4-5-18-6-8-19(9-7-18)20-10-12-21(13-11-20)22-14-16-23(24)17-15-22/h18-24H,2-17H2,1H3/t18-,19-,20-,21-,22-,23-. The van der Waals surface area contributed by atoms with Crippen molar-refractivity contribution in [2.24, 2.45) is 29.6 Å². The number of aliphatic hydroxyl groups is 1. The molecule has 1 heteroatoms. The lowest BCUT2D eigenvalue weighted by molar-refractivity contribution is 0.0666. The molecule has 3 saturated carbocycles. The summed E-state index contributed by atoms with van der Waals surface area (Å²) in [5.41, 5.74) is 0. The number of rotatable bonds is 6. The zero-order valence-electron chi connectivity index (χ0n) is 16.2. The van der Waals surface area contributed by atoms with Crippen LogP contribution in [0, 0.1) is 29.6 Å². The lowest BCUT2D eigenvalue weighted by atomic mass is 9.65. The van der Waals surface area contributed by atoms with E-state index in [-0.39, 0.29) is 6.10 Å². The summed E-state index contributed by atoms with van der Waals surface area (Å²) < 4.78 is 0. The van der Waals surface area contributed by atoms with Crippen molar-refractivity contribution in [3.63, 3.8) is 0 Å². The molecule has 24 heavy (non-hydrogen) atoms. The van der Waals surface area contributed by atoms with Crippen LogP contribution in [0.3, 0.4) is 0 Å². The second-order valence-electron chi connectivity index (χ2n) is 9.52. The van der Waals surface area contributed by atoms with Crippen molar-refractivity contribution in [1.29, 1.82) is 0 Å². The molecule has 0 aromatic rings. The molecule has 0 aromatic heterocycles. The number of unbranched alkanes of at least 4 members (excludes halogenated alkanes) is 2. The minimum atomic E-state index is 0.0186. The first kappa shape index (κ1) is 18.7. The molecule has 0 spiro atoms. The summed E-state index contributed by atoms with van der Waals surface area (Å²) in [6.07, 6.45) is 22.8. The van der Waals surface area contributed by atoms with E-state index in [4.69, 9.17) is 0 Å². The first-order valence-electron chi connectivity index (χ1n) is 11.4. The predicted octanol–water partition coefficient (Wildman–Crippen LogP) is 6.73. The van der Waals surface area contributed by atoms with Gasteiger partial charge in [0.15, 0.2) is 0 Å². The van der Waals surface area contributed by atoms with E-state index in [2.05, 4.69) is 6.92 Å². The maximum atomic E-state index is 9.73. The molecule has 0 radical (unpaired) electrons. The first-order valence-corrected chi connectivity index (χ1v) is 11.4. The van der Waals surface area contributed by atoms with Crippen LogP contribution in [-0.2, 0) is 0 Å². The second kappa shape index (κ2) is 9.60. The van der Waals surface area contributed by atoms with Gasteiger partial charge in [-0.05, 0) is 93.8 Å². The van der Waals surface area contributed by atoms with Crippen LogP contribution in [-0.4, -0.2) is 11.2 Å². The Balaban J connectivity index is 1.34. The lowest BCUT2D eigenvalue weighted by Gasteiger charge is -2.41. The number of hydrogen-bond donors (Lipinski definition) is 1. The molecular weight excluding hydrogens is 292 g/mol. The molecule has 3 rings (SSSR count). The van der Waals surface area contributed by atoms with Crippen molar-refractivity contribution in [3.05, 3.63) is 0 Å². The summed E-state index contributed by atoms with van der Waals surface area (Å²) in [4.78, 5) is 0. The third-order valence-corrected chi connectivity index (χ3v) is 8.00. The molecule has 3 fully saturated rings. The van der Waals surface area contributed by atoms with Crippen LogP contribution in [0.1, 0.15) is 110 Å². The highest BCUT2D eigenvalue weighted by molar-refractivity contribution is 4.85. The normalized spacial score (nSPS) is 41.2. The van der Waals surface area contributed by atoms with Gasteiger partial charge < -0.3 is 5.11 Å². The Morgan fingerprint density at radius 1 is 0.583 bits per heavy atom. The average molecular weight is 335 g/mol. The molecule has 0 heterocycles. The topological polar surface area (TPSA) is 20.2 Å². The minimum absolute atomic E-state index is 0.0186. The van der Waals surface area contributed by atoms with Crippen LogP contribution in [0.2, 0.25) is 0 Å². The van der Waals surface area contributed by atoms with Crippen LogP contribution in [0.15, 0.2) is 0 Å². The fourth-order valence-corrected chi connectivity index (χ4v) is 6.29. The maximum Gasteiger partial charge on any atom is 0.0540 e. The number of hydrogen-bond acceptors (Lipinski definition) is 1. The van der Waals surface area contributed by atoms with Gasteiger partial charge in [0.1, 0.15) is 0 Å². The SMILES string of the molecule is CCCCC[C@H]1CC[C@H]([C@H]2CC[C@H]([C@H]3CC[C@H](O)CC3)CC2)CC1. The van der Waals surface area contributed by atoms with Crippen molar-refractivity contribution in [2.45, 2.75) is 116 Å². The third kappa shape index (κ3) is 5.23. The van der Waals surface area contributed by atoms with Gasteiger partial charge in [0, 0.05) is 0 Å². The molecule has 0 aromatic carbocycles. The van der Waals surface area contributed by atoms with Crippen LogP contribution in [0.25, 0.3) is 0 Å². The fraction of sp³-hybridized carbons (Fsp3) is 1.00. The molecule has 0 aliphatic heterocycles. The molecule has 0 saturated heterocycles. The number of aliphatic hydroxyl groups excluding tert-OH is 1. The van der Waals surface area contributed by atoms with E-state index in [1.54, 1.807) is 12.8 Å². The van der Waals surface area contributed by atoms with E-state index in [1.165, 1.54) is 77.0 Å². The van der Waals surface area contributed by atoms with Crippen molar-refractivity contribution in [1.82, 2.24) is 0 Å². The summed E-state index contributed by atoms with van der Waals surface area (Å²) in [7, 11) is 0. The van der Waals surface area contributed by atoms with Crippen molar-refractivity contribution >= 4 is 0 Å². The second-order valence-corrected chi connectivity index (χ2v) is 9.52. The largest absolute Gasteiger partial charge is 0.393 e. The van der Waals surface area contributed by atoms with Crippen LogP contribution in [0.5, 0.6) is 0 Å². The van der Waals surface area contributed by atoms with E-state index in [0.717, 1.165) is 42.4 Å². The summed E-state index contributed by atoms with van der Waals surface area (Å²) in [6.45, 7) is 2.32. The Morgan fingerprint density at radius 3 is 1.46 bits per heavy atom. The van der Waals surface area contributed by atoms with E-state index in [9.17, 15) is 5.11 Å². The zero-order chi connectivity index (χ0) is 16.8. The Labute approximate surface area is 151 Å². The average Bonchev–Trinajstić information content (AvgIpc) is 2.63. The molecule has 0 bridgehead atoms. The highest BCUT2D eigenvalue weighted by Crippen LogP contribution is 2.45. The van der Waals surface area contributed by atoms with Crippen molar-refractivity contribution in [2.75, 3.05) is 0 Å². The summed E-state index contributed by atoms with van der Waals surface area (Å²) in [5.74, 6) is 5.15. The van der Waals surface area contributed by atoms with Gasteiger partial charge in [0.2, 0.25) is 0 Å².